The molecular formula is C10H17ClN4OS. The zero-order valence-corrected chi connectivity index (χ0v) is 11.4. The number of likely N-dealkylation sites (tertiary alicyclic amines) is 1. The van der Waals surface area contributed by atoms with Gasteiger partial charge in [-0.05, 0) is 30.8 Å². The molecule has 1 unspecified atom stereocenters. The van der Waals surface area contributed by atoms with Crippen LogP contribution in [0.1, 0.15) is 35.1 Å². The van der Waals surface area contributed by atoms with E-state index >= 15 is 0 Å². The number of hydrogen-bond donors (Lipinski definition) is 1. The van der Waals surface area contributed by atoms with Gasteiger partial charge in [-0.1, -0.05) is 11.4 Å². The van der Waals surface area contributed by atoms with Crippen molar-refractivity contribution >= 4 is 29.8 Å². The van der Waals surface area contributed by atoms with Gasteiger partial charge in [0, 0.05) is 19.1 Å². The summed E-state index contributed by atoms with van der Waals surface area (Å²) >= 11 is 1.19. The van der Waals surface area contributed by atoms with Crippen LogP contribution in [-0.4, -0.2) is 39.5 Å². The van der Waals surface area contributed by atoms with Crippen molar-refractivity contribution in [1.82, 2.24) is 14.5 Å². The van der Waals surface area contributed by atoms with Gasteiger partial charge in [-0.15, -0.1) is 17.5 Å². The lowest BCUT2D eigenvalue weighted by Crippen LogP contribution is -2.39. The number of hydrogen-bond acceptors (Lipinski definition) is 5. The number of halogens is 1. The lowest BCUT2D eigenvalue weighted by Gasteiger charge is -2.22. The molecule has 0 aliphatic carbocycles. The molecule has 1 aliphatic rings. The van der Waals surface area contributed by atoms with Gasteiger partial charge in [-0.3, -0.25) is 4.79 Å². The molecule has 1 aliphatic heterocycles. The third kappa shape index (κ3) is 2.75. The van der Waals surface area contributed by atoms with E-state index in [1.54, 1.807) is 0 Å². The summed E-state index contributed by atoms with van der Waals surface area (Å²) in [4.78, 5) is 14.8. The van der Waals surface area contributed by atoms with Crippen molar-refractivity contribution in [3.05, 3.63) is 10.6 Å². The number of rotatable bonds is 3. The topological polar surface area (TPSA) is 72.1 Å². The first-order valence-corrected chi connectivity index (χ1v) is 6.37. The number of nitrogens with zero attached hydrogens (tertiary/aromatic N) is 3. The third-order valence-electron chi connectivity index (χ3n) is 2.99. The minimum absolute atomic E-state index is 0. The minimum atomic E-state index is 0. The highest BCUT2D eigenvalue weighted by atomic mass is 35.5. The lowest BCUT2D eigenvalue weighted by molar-refractivity contribution is 0.0745. The number of amides is 1. The van der Waals surface area contributed by atoms with Crippen LogP contribution in [0.2, 0.25) is 0 Å². The molecule has 2 rings (SSSR count). The minimum Gasteiger partial charge on any atom is -0.334 e. The predicted molar refractivity (Wildman–Crippen MR) is 69.6 cm³/mol. The van der Waals surface area contributed by atoms with Gasteiger partial charge in [0.25, 0.3) is 5.91 Å². The molecule has 0 spiro atoms. The highest BCUT2D eigenvalue weighted by Crippen LogP contribution is 2.22. The predicted octanol–water partition coefficient (Wildman–Crippen LogP) is 1.09. The molecule has 1 fully saturated rings. The quantitative estimate of drug-likeness (QED) is 0.897. The van der Waals surface area contributed by atoms with Crippen LogP contribution in [-0.2, 0) is 6.42 Å². The zero-order chi connectivity index (χ0) is 11.5. The molecule has 2 heterocycles. The molecule has 0 radical (unpaired) electrons. The van der Waals surface area contributed by atoms with Gasteiger partial charge in [0.15, 0.2) is 0 Å². The molecule has 0 aromatic carbocycles. The first kappa shape index (κ1) is 14.3. The maximum Gasteiger partial charge on any atom is 0.267 e. The zero-order valence-electron chi connectivity index (χ0n) is 9.76. The number of nitrogens with two attached hydrogens (primary N) is 1. The molecule has 1 amide bonds. The summed E-state index contributed by atoms with van der Waals surface area (Å²) in [6.07, 6.45) is 2.80. The summed E-state index contributed by atoms with van der Waals surface area (Å²) in [5, 5.41) is 3.97. The van der Waals surface area contributed by atoms with Gasteiger partial charge < -0.3 is 10.6 Å². The molecule has 96 valence electrons. The van der Waals surface area contributed by atoms with Gasteiger partial charge in [0.2, 0.25) is 0 Å². The standard InChI is InChI=1S/C10H16N4OS.ClH/c1-2-8-9(16-13-12-8)10(15)14-5-3-4-7(14)6-11;/h7H,2-6,11H2,1H3;1H. The summed E-state index contributed by atoms with van der Waals surface area (Å²) in [5.74, 6) is 0.0554. The van der Waals surface area contributed by atoms with Crippen LogP contribution < -0.4 is 5.73 Å². The van der Waals surface area contributed by atoms with Crippen LogP contribution in [0, 0.1) is 0 Å². The van der Waals surface area contributed by atoms with Gasteiger partial charge in [-0.25, -0.2) is 0 Å². The van der Waals surface area contributed by atoms with Crippen LogP contribution in [0.4, 0.5) is 0 Å². The molecule has 5 nitrogen and oxygen atoms in total. The summed E-state index contributed by atoms with van der Waals surface area (Å²) < 4.78 is 3.85. The van der Waals surface area contributed by atoms with E-state index in [0.717, 1.165) is 31.5 Å². The Bertz CT molecular complexity index is 384. The molecular weight excluding hydrogens is 260 g/mol. The average molecular weight is 277 g/mol. The number of aromatic nitrogens is 2. The van der Waals surface area contributed by atoms with Crippen molar-refractivity contribution in [2.75, 3.05) is 13.1 Å². The summed E-state index contributed by atoms with van der Waals surface area (Å²) in [5.41, 5.74) is 6.47. The van der Waals surface area contributed by atoms with Crippen LogP contribution in [0.25, 0.3) is 0 Å². The Kier molecular flexibility index (Phi) is 5.30. The van der Waals surface area contributed by atoms with Gasteiger partial charge in [0.1, 0.15) is 4.88 Å². The van der Waals surface area contributed by atoms with E-state index in [9.17, 15) is 4.79 Å². The Balaban J connectivity index is 0.00000144. The summed E-state index contributed by atoms with van der Waals surface area (Å²) in [6.45, 7) is 3.33. The summed E-state index contributed by atoms with van der Waals surface area (Å²) in [7, 11) is 0. The van der Waals surface area contributed by atoms with E-state index in [2.05, 4.69) is 9.59 Å². The van der Waals surface area contributed by atoms with Crippen molar-refractivity contribution in [3.8, 4) is 0 Å². The van der Waals surface area contributed by atoms with E-state index in [4.69, 9.17) is 5.73 Å². The third-order valence-corrected chi connectivity index (χ3v) is 3.75. The van der Waals surface area contributed by atoms with Gasteiger partial charge in [0.05, 0.1) is 5.69 Å². The van der Waals surface area contributed by atoms with Crippen molar-refractivity contribution in [2.45, 2.75) is 32.2 Å². The SMILES string of the molecule is CCc1nnsc1C(=O)N1CCCC1CN.Cl. The first-order chi connectivity index (χ1) is 7.77. The average Bonchev–Trinajstić information content (AvgIpc) is 2.96. The molecule has 17 heavy (non-hydrogen) atoms. The maximum atomic E-state index is 12.3. The van der Waals surface area contributed by atoms with Crippen molar-refractivity contribution in [3.63, 3.8) is 0 Å². The fraction of sp³-hybridized carbons (Fsp3) is 0.700. The largest absolute Gasteiger partial charge is 0.334 e. The Morgan fingerprint density at radius 1 is 1.65 bits per heavy atom. The Morgan fingerprint density at radius 2 is 2.41 bits per heavy atom. The second kappa shape index (κ2) is 6.28. The molecule has 0 saturated carbocycles. The van der Waals surface area contributed by atoms with Gasteiger partial charge in [-0.2, -0.15) is 0 Å². The Morgan fingerprint density at radius 3 is 3.06 bits per heavy atom. The fourth-order valence-electron chi connectivity index (χ4n) is 2.08. The normalized spacial score (nSPS) is 19.2. The van der Waals surface area contributed by atoms with E-state index in [-0.39, 0.29) is 24.4 Å². The van der Waals surface area contributed by atoms with Gasteiger partial charge >= 0.3 is 0 Å². The Hall–Kier alpha value is -0.720. The fourth-order valence-corrected chi connectivity index (χ4v) is 2.79. The van der Waals surface area contributed by atoms with Crippen LogP contribution in [0.5, 0.6) is 0 Å². The summed E-state index contributed by atoms with van der Waals surface area (Å²) in [6, 6.07) is 0.194. The van der Waals surface area contributed by atoms with Crippen molar-refractivity contribution in [1.29, 1.82) is 0 Å². The molecule has 1 saturated heterocycles. The molecule has 7 heteroatoms. The van der Waals surface area contributed by atoms with Crippen LogP contribution >= 0.6 is 23.9 Å². The van der Waals surface area contributed by atoms with E-state index in [1.165, 1.54) is 11.5 Å². The van der Waals surface area contributed by atoms with Crippen molar-refractivity contribution in [2.24, 2.45) is 5.73 Å². The molecule has 2 N–H and O–H groups in total. The van der Waals surface area contributed by atoms with E-state index < -0.39 is 0 Å². The second-order valence-corrected chi connectivity index (χ2v) is 4.69. The highest BCUT2D eigenvalue weighted by Gasteiger charge is 2.30. The number of aryl methyl sites for hydroxylation is 1. The second-order valence-electron chi connectivity index (χ2n) is 3.93. The molecule has 0 bridgehead atoms. The number of carbonyl (C=O) groups is 1. The monoisotopic (exact) mass is 276 g/mol. The first-order valence-electron chi connectivity index (χ1n) is 5.60. The Labute approximate surface area is 111 Å². The molecule has 1 aromatic rings. The van der Waals surface area contributed by atoms with Crippen molar-refractivity contribution < 1.29 is 4.79 Å². The van der Waals surface area contributed by atoms with E-state index in [1.807, 2.05) is 11.8 Å². The maximum absolute atomic E-state index is 12.3. The highest BCUT2D eigenvalue weighted by molar-refractivity contribution is 7.08. The van der Waals surface area contributed by atoms with Crippen LogP contribution in [0.15, 0.2) is 0 Å². The molecule has 1 aromatic heterocycles. The molecule has 1 atom stereocenters. The number of carbonyl (C=O) groups excluding carboxylic acids is 1. The van der Waals surface area contributed by atoms with Crippen LogP contribution in [0.3, 0.4) is 0 Å². The lowest BCUT2D eigenvalue weighted by atomic mass is 10.2. The van der Waals surface area contributed by atoms with E-state index in [0.29, 0.717) is 11.4 Å². The smallest absolute Gasteiger partial charge is 0.267 e.